The van der Waals surface area contributed by atoms with Gasteiger partial charge in [0.15, 0.2) is 5.82 Å². The van der Waals surface area contributed by atoms with E-state index in [9.17, 15) is 4.79 Å². The van der Waals surface area contributed by atoms with Crippen molar-refractivity contribution in [1.82, 2.24) is 25.0 Å². The van der Waals surface area contributed by atoms with E-state index in [1.54, 1.807) is 23.1 Å². The lowest BCUT2D eigenvalue weighted by atomic mass is 10.1. The molecule has 0 spiro atoms. The van der Waals surface area contributed by atoms with Crippen LogP contribution in [0.4, 0.5) is 5.82 Å². The Morgan fingerprint density at radius 1 is 1.30 bits per heavy atom. The second-order valence-corrected chi connectivity index (χ2v) is 5.40. The summed E-state index contributed by atoms with van der Waals surface area (Å²) < 4.78 is 1.79. The molecule has 0 unspecified atom stereocenters. The fourth-order valence-electron chi connectivity index (χ4n) is 2.49. The molecule has 0 saturated carbocycles. The number of hydrogen-bond donors (Lipinski definition) is 2. The highest BCUT2D eigenvalue weighted by atomic mass is 16.1. The van der Waals surface area contributed by atoms with Crippen LogP contribution in [-0.4, -0.2) is 30.9 Å². The number of carbonyl (C=O) groups excluding carboxylic acids is 1. The largest absolute Gasteiger partial charge is 0.309 e. The Morgan fingerprint density at radius 2 is 2.04 bits per heavy atom. The van der Waals surface area contributed by atoms with Crippen LogP contribution < -0.4 is 5.32 Å². The van der Waals surface area contributed by atoms with E-state index in [4.69, 9.17) is 0 Å². The number of hydrogen-bond acceptors (Lipinski definition) is 4. The summed E-state index contributed by atoms with van der Waals surface area (Å²) in [5.74, 6) is 0.387. The third kappa shape index (κ3) is 3.13. The Morgan fingerprint density at radius 3 is 2.70 bits per heavy atom. The number of nitrogens with one attached hydrogen (secondary N) is 2. The highest BCUT2D eigenvalue weighted by Gasteiger charge is 2.14. The van der Waals surface area contributed by atoms with Crippen molar-refractivity contribution < 1.29 is 4.79 Å². The Labute approximate surface area is 133 Å². The quantitative estimate of drug-likeness (QED) is 0.771. The summed E-state index contributed by atoms with van der Waals surface area (Å²) in [4.78, 5) is 16.2. The second-order valence-electron chi connectivity index (χ2n) is 5.40. The normalized spacial score (nSPS) is 10.7. The number of aryl methyl sites for hydroxylation is 2. The van der Waals surface area contributed by atoms with Crippen LogP contribution in [0, 0.1) is 13.8 Å². The van der Waals surface area contributed by atoms with Gasteiger partial charge in [-0.05, 0) is 26.0 Å². The van der Waals surface area contributed by atoms with Gasteiger partial charge in [0.2, 0.25) is 5.91 Å². The smallest absolute Gasteiger partial charge is 0.230 e. The van der Waals surface area contributed by atoms with Gasteiger partial charge in [-0.15, -0.1) is 0 Å². The summed E-state index contributed by atoms with van der Waals surface area (Å²) in [6.45, 7) is 3.87. The highest BCUT2D eigenvalue weighted by molar-refractivity contribution is 5.92. The number of rotatable bonds is 4. The van der Waals surface area contributed by atoms with Crippen LogP contribution in [0.5, 0.6) is 0 Å². The fourth-order valence-corrected chi connectivity index (χ4v) is 2.49. The number of aromatic amines is 1. The average molecular weight is 310 g/mol. The molecule has 0 saturated heterocycles. The Balaban J connectivity index is 1.70. The van der Waals surface area contributed by atoms with Crippen molar-refractivity contribution >= 4 is 11.7 Å². The lowest BCUT2D eigenvalue weighted by Crippen LogP contribution is -2.15. The minimum absolute atomic E-state index is 0.114. The van der Waals surface area contributed by atoms with E-state index < -0.39 is 0 Å². The number of aromatic nitrogens is 5. The third-order valence-electron chi connectivity index (χ3n) is 3.83. The van der Waals surface area contributed by atoms with E-state index in [1.165, 1.54) is 0 Å². The first-order chi connectivity index (χ1) is 11.0. The van der Waals surface area contributed by atoms with Crippen molar-refractivity contribution in [2.45, 2.75) is 20.3 Å². The van der Waals surface area contributed by atoms with E-state index in [0.717, 1.165) is 28.2 Å². The molecule has 3 rings (SSSR count). The summed E-state index contributed by atoms with van der Waals surface area (Å²) in [6, 6.07) is 5.55. The SMILES string of the molecule is Cc1nn(C)c(C)c1CC(=O)Nc1cc(-c2ccncc2)[nH]n1. The topological polar surface area (TPSA) is 88.5 Å². The maximum Gasteiger partial charge on any atom is 0.230 e. The van der Waals surface area contributed by atoms with Crippen molar-refractivity contribution in [3.8, 4) is 11.3 Å². The molecule has 0 bridgehead atoms. The number of anilines is 1. The van der Waals surface area contributed by atoms with Gasteiger partial charge >= 0.3 is 0 Å². The molecule has 118 valence electrons. The molecule has 3 aromatic rings. The lowest BCUT2D eigenvalue weighted by Gasteiger charge is -2.02. The Bertz CT molecular complexity index is 834. The second kappa shape index (κ2) is 6.04. The first-order valence-electron chi connectivity index (χ1n) is 7.29. The van der Waals surface area contributed by atoms with Gasteiger partial charge in [-0.1, -0.05) is 0 Å². The molecule has 0 aromatic carbocycles. The van der Waals surface area contributed by atoms with Crippen LogP contribution in [0.3, 0.4) is 0 Å². The van der Waals surface area contributed by atoms with Crippen LogP contribution in [0.2, 0.25) is 0 Å². The van der Waals surface area contributed by atoms with Gasteiger partial charge < -0.3 is 5.32 Å². The van der Waals surface area contributed by atoms with Gasteiger partial charge in [-0.3, -0.25) is 19.6 Å². The van der Waals surface area contributed by atoms with Gasteiger partial charge in [-0.2, -0.15) is 10.2 Å². The van der Waals surface area contributed by atoms with E-state index >= 15 is 0 Å². The molecule has 0 radical (unpaired) electrons. The van der Waals surface area contributed by atoms with Gasteiger partial charge in [0, 0.05) is 42.3 Å². The number of pyridine rings is 1. The molecule has 3 aromatic heterocycles. The van der Waals surface area contributed by atoms with E-state index in [0.29, 0.717) is 5.82 Å². The molecule has 7 nitrogen and oxygen atoms in total. The zero-order valence-electron chi connectivity index (χ0n) is 13.3. The maximum atomic E-state index is 12.2. The summed E-state index contributed by atoms with van der Waals surface area (Å²) in [6.07, 6.45) is 3.70. The highest BCUT2D eigenvalue weighted by Crippen LogP contribution is 2.19. The fraction of sp³-hybridized carbons (Fsp3) is 0.250. The number of H-pyrrole nitrogens is 1. The maximum absolute atomic E-state index is 12.2. The van der Waals surface area contributed by atoms with Crippen molar-refractivity contribution in [1.29, 1.82) is 0 Å². The predicted octanol–water partition coefficient (Wildman–Crippen LogP) is 2.00. The third-order valence-corrected chi connectivity index (χ3v) is 3.83. The van der Waals surface area contributed by atoms with Crippen molar-refractivity contribution in [3.63, 3.8) is 0 Å². The molecule has 7 heteroatoms. The summed E-state index contributed by atoms with van der Waals surface area (Å²) in [7, 11) is 1.87. The monoisotopic (exact) mass is 310 g/mol. The predicted molar refractivity (Wildman–Crippen MR) is 86.8 cm³/mol. The van der Waals surface area contributed by atoms with E-state index in [-0.39, 0.29) is 12.3 Å². The standard InChI is InChI=1S/C16H18N6O/c1-10-13(11(2)22(3)21-10)8-16(23)18-15-9-14(19-20-15)12-4-6-17-7-5-12/h4-7,9H,8H2,1-3H3,(H2,18,19,20,23). The van der Waals surface area contributed by atoms with Crippen LogP contribution in [0.15, 0.2) is 30.6 Å². The van der Waals surface area contributed by atoms with Crippen molar-refractivity contribution in [3.05, 3.63) is 47.5 Å². The molecule has 0 aliphatic heterocycles. The number of amides is 1. The molecule has 0 fully saturated rings. The number of carbonyl (C=O) groups is 1. The molecule has 0 aliphatic carbocycles. The summed E-state index contributed by atoms with van der Waals surface area (Å²) in [5, 5.41) is 14.2. The molecule has 23 heavy (non-hydrogen) atoms. The van der Waals surface area contributed by atoms with Crippen LogP contribution >= 0.6 is 0 Å². The van der Waals surface area contributed by atoms with Crippen LogP contribution in [0.25, 0.3) is 11.3 Å². The molecule has 2 N–H and O–H groups in total. The molecular weight excluding hydrogens is 292 g/mol. The molecule has 1 amide bonds. The van der Waals surface area contributed by atoms with Crippen LogP contribution in [0.1, 0.15) is 17.0 Å². The van der Waals surface area contributed by atoms with E-state index in [2.05, 4.69) is 25.6 Å². The van der Waals surface area contributed by atoms with Gasteiger partial charge in [-0.25, -0.2) is 0 Å². The van der Waals surface area contributed by atoms with Gasteiger partial charge in [0.25, 0.3) is 0 Å². The minimum Gasteiger partial charge on any atom is -0.309 e. The van der Waals surface area contributed by atoms with Gasteiger partial charge in [0.05, 0.1) is 17.8 Å². The first-order valence-corrected chi connectivity index (χ1v) is 7.29. The van der Waals surface area contributed by atoms with Crippen molar-refractivity contribution in [2.75, 3.05) is 5.32 Å². The molecule has 0 aliphatic rings. The minimum atomic E-state index is -0.114. The zero-order valence-corrected chi connectivity index (χ0v) is 13.3. The first kappa shape index (κ1) is 15.0. The lowest BCUT2D eigenvalue weighted by molar-refractivity contribution is -0.115. The average Bonchev–Trinajstić information content (AvgIpc) is 3.09. The molecule has 0 atom stereocenters. The Kier molecular flexibility index (Phi) is 3.92. The molecule has 3 heterocycles. The van der Waals surface area contributed by atoms with E-state index in [1.807, 2.05) is 33.0 Å². The Hall–Kier alpha value is -2.96. The summed E-state index contributed by atoms with van der Waals surface area (Å²) in [5.41, 5.74) is 4.62. The van der Waals surface area contributed by atoms with Crippen LogP contribution in [-0.2, 0) is 18.3 Å². The molecular formula is C16H18N6O. The van der Waals surface area contributed by atoms with Gasteiger partial charge in [0.1, 0.15) is 0 Å². The number of nitrogens with zero attached hydrogens (tertiary/aromatic N) is 4. The zero-order chi connectivity index (χ0) is 16.4. The van der Waals surface area contributed by atoms with Crippen molar-refractivity contribution in [2.24, 2.45) is 7.05 Å². The summed E-state index contributed by atoms with van der Waals surface area (Å²) >= 11 is 0.